The van der Waals surface area contributed by atoms with E-state index in [0.717, 1.165) is 0 Å². The zero-order valence-electron chi connectivity index (χ0n) is 11.3. The van der Waals surface area contributed by atoms with Crippen LogP contribution in [0.4, 0.5) is 0 Å². The first-order chi connectivity index (χ1) is 7.38. The van der Waals surface area contributed by atoms with Crippen molar-refractivity contribution in [2.75, 3.05) is 0 Å². The van der Waals surface area contributed by atoms with Gasteiger partial charge in [0.05, 0.1) is 0 Å². The minimum Gasteiger partial charge on any atom is -0.370 e. The third kappa shape index (κ3) is 3.23. The van der Waals surface area contributed by atoms with Crippen LogP contribution in [0.25, 0.3) is 0 Å². The van der Waals surface area contributed by atoms with E-state index in [1.54, 1.807) is 0 Å². The number of rotatable bonds is 4. The summed E-state index contributed by atoms with van der Waals surface area (Å²) in [5.74, 6) is 1.74. The third-order valence-corrected chi connectivity index (χ3v) is 4.61. The van der Waals surface area contributed by atoms with Gasteiger partial charge >= 0.3 is 0 Å². The molecule has 1 amide bonds. The van der Waals surface area contributed by atoms with Gasteiger partial charge in [0, 0.05) is 6.42 Å². The first-order valence-electron chi connectivity index (χ1n) is 6.66. The Morgan fingerprint density at radius 2 is 2.12 bits per heavy atom. The standard InChI is InChI=1S/C14H27NO/c1-5-14(4)7-6-12(10(2)3)11(9-14)8-13(15)16/h10-12H,5-9H2,1-4H3,(H2,15,16). The van der Waals surface area contributed by atoms with Gasteiger partial charge in [-0.15, -0.1) is 0 Å². The van der Waals surface area contributed by atoms with E-state index in [2.05, 4.69) is 27.7 Å². The van der Waals surface area contributed by atoms with Gasteiger partial charge in [-0.2, -0.15) is 0 Å². The number of hydrogen-bond donors (Lipinski definition) is 1. The second-order valence-corrected chi connectivity index (χ2v) is 6.25. The minimum atomic E-state index is -0.129. The maximum atomic E-state index is 11.2. The molecule has 16 heavy (non-hydrogen) atoms. The van der Waals surface area contributed by atoms with Gasteiger partial charge in [0.15, 0.2) is 0 Å². The van der Waals surface area contributed by atoms with E-state index in [1.807, 2.05) is 0 Å². The molecule has 0 spiro atoms. The van der Waals surface area contributed by atoms with Gasteiger partial charge in [-0.3, -0.25) is 4.79 Å². The monoisotopic (exact) mass is 225 g/mol. The molecule has 1 saturated carbocycles. The van der Waals surface area contributed by atoms with Crippen LogP contribution >= 0.6 is 0 Å². The highest BCUT2D eigenvalue weighted by molar-refractivity contribution is 5.74. The van der Waals surface area contributed by atoms with Crippen LogP contribution < -0.4 is 5.73 Å². The summed E-state index contributed by atoms with van der Waals surface area (Å²) in [7, 11) is 0. The summed E-state index contributed by atoms with van der Waals surface area (Å²) in [6, 6.07) is 0. The minimum absolute atomic E-state index is 0.129. The fraction of sp³-hybridized carbons (Fsp3) is 0.929. The molecule has 0 radical (unpaired) electrons. The van der Waals surface area contributed by atoms with Crippen molar-refractivity contribution in [2.24, 2.45) is 28.9 Å². The van der Waals surface area contributed by atoms with Gasteiger partial charge in [0.25, 0.3) is 0 Å². The highest BCUT2D eigenvalue weighted by Crippen LogP contribution is 2.47. The van der Waals surface area contributed by atoms with Crippen LogP contribution in [0.15, 0.2) is 0 Å². The molecule has 0 aromatic rings. The van der Waals surface area contributed by atoms with Gasteiger partial charge in [0.1, 0.15) is 0 Å². The Kier molecular flexibility index (Phi) is 4.40. The number of amides is 1. The first kappa shape index (κ1) is 13.5. The number of carbonyl (C=O) groups is 1. The third-order valence-electron chi connectivity index (χ3n) is 4.61. The zero-order chi connectivity index (χ0) is 12.3. The molecule has 1 aliphatic carbocycles. The smallest absolute Gasteiger partial charge is 0.217 e. The molecule has 3 atom stereocenters. The van der Waals surface area contributed by atoms with E-state index < -0.39 is 0 Å². The maximum Gasteiger partial charge on any atom is 0.217 e. The van der Waals surface area contributed by atoms with Gasteiger partial charge in [-0.05, 0) is 42.4 Å². The quantitative estimate of drug-likeness (QED) is 0.783. The van der Waals surface area contributed by atoms with Crippen molar-refractivity contribution in [3.63, 3.8) is 0 Å². The normalized spacial score (nSPS) is 35.3. The van der Waals surface area contributed by atoms with Crippen LogP contribution in [0.3, 0.4) is 0 Å². The number of carbonyl (C=O) groups excluding carboxylic acids is 1. The van der Waals surface area contributed by atoms with Crippen LogP contribution in [0.1, 0.15) is 59.8 Å². The van der Waals surface area contributed by atoms with Crippen molar-refractivity contribution in [3.8, 4) is 0 Å². The summed E-state index contributed by atoms with van der Waals surface area (Å²) in [6.07, 6.45) is 5.54. The molecule has 1 fully saturated rings. The lowest BCUT2D eigenvalue weighted by atomic mass is 9.62. The number of primary amides is 1. The van der Waals surface area contributed by atoms with Crippen molar-refractivity contribution in [1.29, 1.82) is 0 Å². The van der Waals surface area contributed by atoms with Crippen LogP contribution in [0.2, 0.25) is 0 Å². The molecule has 0 aliphatic heterocycles. The molecule has 2 heteroatoms. The van der Waals surface area contributed by atoms with Gasteiger partial charge < -0.3 is 5.73 Å². The lowest BCUT2D eigenvalue weighted by Crippen LogP contribution is -2.36. The molecular weight excluding hydrogens is 198 g/mol. The first-order valence-corrected chi connectivity index (χ1v) is 6.66. The Hall–Kier alpha value is -0.530. The molecule has 3 unspecified atom stereocenters. The average Bonchev–Trinajstić information content (AvgIpc) is 2.16. The Morgan fingerprint density at radius 1 is 1.50 bits per heavy atom. The molecule has 0 bridgehead atoms. The molecule has 0 heterocycles. The summed E-state index contributed by atoms with van der Waals surface area (Å²) in [5, 5.41) is 0. The molecule has 1 aliphatic rings. The molecular formula is C14H27NO. The fourth-order valence-corrected chi connectivity index (χ4v) is 3.32. The second kappa shape index (κ2) is 5.20. The Bertz CT molecular complexity index is 249. The van der Waals surface area contributed by atoms with Crippen molar-refractivity contribution < 1.29 is 4.79 Å². The van der Waals surface area contributed by atoms with Crippen LogP contribution in [0.5, 0.6) is 0 Å². The van der Waals surface area contributed by atoms with Crippen LogP contribution in [0, 0.1) is 23.2 Å². The Labute approximate surface area is 100.0 Å². The van der Waals surface area contributed by atoms with Crippen molar-refractivity contribution in [3.05, 3.63) is 0 Å². The van der Waals surface area contributed by atoms with Crippen LogP contribution in [-0.2, 0) is 4.79 Å². The second-order valence-electron chi connectivity index (χ2n) is 6.25. The summed E-state index contributed by atoms with van der Waals surface area (Å²) in [5.41, 5.74) is 5.81. The van der Waals surface area contributed by atoms with Crippen molar-refractivity contribution in [2.45, 2.75) is 59.8 Å². The predicted molar refractivity (Wildman–Crippen MR) is 67.9 cm³/mol. The SMILES string of the molecule is CCC1(C)CCC(C(C)C)C(CC(N)=O)C1. The van der Waals surface area contributed by atoms with E-state index in [9.17, 15) is 4.79 Å². The average molecular weight is 225 g/mol. The zero-order valence-corrected chi connectivity index (χ0v) is 11.3. The van der Waals surface area contributed by atoms with E-state index in [0.29, 0.717) is 29.6 Å². The molecule has 2 nitrogen and oxygen atoms in total. The summed E-state index contributed by atoms with van der Waals surface area (Å²) in [4.78, 5) is 11.2. The lowest BCUT2D eigenvalue weighted by Gasteiger charge is -2.44. The van der Waals surface area contributed by atoms with Crippen molar-refractivity contribution >= 4 is 5.91 Å². The topological polar surface area (TPSA) is 43.1 Å². The predicted octanol–water partition coefficient (Wildman–Crippen LogP) is 3.35. The molecule has 2 N–H and O–H groups in total. The highest BCUT2D eigenvalue weighted by Gasteiger charge is 2.38. The summed E-state index contributed by atoms with van der Waals surface area (Å²) in [6.45, 7) is 9.16. The highest BCUT2D eigenvalue weighted by atomic mass is 16.1. The lowest BCUT2D eigenvalue weighted by molar-refractivity contribution is -0.120. The van der Waals surface area contributed by atoms with Crippen molar-refractivity contribution in [1.82, 2.24) is 0 Å². The Balaban J connectivity index is 2.73. The van der Waals surface area contributed by atoms with E-state index in [-0.39, 0.29) is 5.91 Å². The Morgan fingerprint density at radius 3 is 2.56 bits per heavy atom. The molecule has 94 valence electrons. The van der Waals surface area contributed by atoms with E-state index >= 15 is 0 Å². The fourth-order valence-electron chi connectivity index (χ4n) is 3.32. The van der Waals surface area contributed by atoms with Gasteiger partial charge in [0.2, 0.25) is 5.91 Å². The molecule has 0 saturated heterocycles. The largest absolute Gasteiger partial charge is 0.370 e. The van der Waals surface area contributed by atoms with E-state index in [4.69, 9.17) is 5.73 Å². The molecule has 1 rings (SSSR count). The number of hydrogen-bond acceptors (Lipinski definition) is 1. The van der Waals surface area contributed by atoms with Gasteiger partial charge in [-0.1, -0.05) is 34.1 Å². The molecule has 0 aromatic carbocycles. The van der Waals surface area contributed by atoms with E-state index in [1.165, 1.54) is 25.7 Å². The summed E-state index contributed by atoms with van der Waals surface area (Å²) < 4.78 is 0. The van der Waals surface area contributed by atoms with Gasteiger partial charge in [-0.25, -0.2) is 0 Å². The maximum absolute atomic E-state index is 11.2. The summed E-state index contributed by atoms with van der Waals surface area (Å²) >= 11 is 0. The van der Waals surface area contributed by atoms with Crippen LogP contribution in [-0.4, -0.2) is 5.91 Å². The number of nitrogens with two attached hydrogens (primary N) is 1. The molecule has 0 aromatic heterocycles.